The summed E-state index contributed by atoms with van der Waals surface area (Å²) in [6, 6.07) is 5.88. The van der Waals surface area contributed by atoms with E-state index in [-0.39, 0.29) is 17.9 Å². The number of benzene rings is 1. The minimum atomic E-state index is -0.575. The first-order valence-corrected chi connectivity index (χ1v) is 5.35. The van der Waals surface area contributed by atoms with Gasteiger partial charge in [0, 0.05) is 0 Å². The highest BCUT2D eigenvalue weighted by Crippen LogP contribution is 2.19. The fourth-order valence-corrected chi connectivity index (χ4v) is 1.43. The number of aryl methyl sites for hydroxylation is 2. The Morgan fingerprint density at radius 3 is 2.78 bits per heavy atom. The normalized spacial score (nSPS) is 10.1. The van der Waals surface area contributed by atoms with Crippen LogP contribution in [0.25, 0.3) is 0 Å². The second-order valence-electron chi connectivity index (χ2n) is 3.79. The van der Waals surface area contributed by atoms with Gasteiger partial charge in [0.15, 0.2) is 18.2 Å². The van der Waals surface area contributed by atoms with E-state index in [0.29, 0.717) is 11.7 Å². The van der Waals surface area contributed by atoms with Crippen LogP contribution in [0.2, 0.25) is 0 Å². The van der Waals surface area contributed by atoms with Gasteiger partial charge in [-0.3, -0.25) is 0 Å². The van der Waals surface area contributed by atoms with Crippen molar-refractivity contribution in [3.8, 4) is 11.8 Å². The molecule has 2 rings (SSSR count). The number of rotatable bonds is 3. The number of oxazole rings is 1. The molecular formula is C13H11FN2O2. The van der Waals surface area contributed by atoms with Crippen LogP contribution in [0.4, 0.5) is 4.39 Å². The largest absolute Gasteiger partial charge is 0.481 e. The van der Waals surface area contributed by atoms with Crippen LogP contribution in [0, 0.1) is 31.0 Å². The summed E-state index contributed by atoms with van der Waals surface area (Å²) in [4.78, 5) is 4.12. The predicted octanol–water partition coefficient (Wildman–Crippen LogP) is 2.88. The standard InChI is InChI=1S/C13H11FN2O2/c1-8-9(2)18-13(16-8)7-17-12-4-3-10(6-15)5-11(12)14/h3-5H,7H2,1-2H3. The van der Waals surface area contributed by atoms with Crippen LogP contribution >= 0.6 is 0 Å². The molecule has 0 fully saturated rings. The van der Waals surface area contributed by atoms with Gasteiger partial charge in [0.2, 0.25) is 5.89 Å². The third-order valence-corrected chi connectivity index (χ3v) is 2.48. The molecule has 0 unspecified atom stereocenters. The first-order chi connectivity index (χ1) is 8.60. The number of nitrogens with zero attached hydrogens (tertiary/aromatic N) is 2. The van der Waals surface area contributed by atoms with Crippen molar-refractivity contribution in [3.05, 3.63) is 46.9 Å². The van der Waals surface area contributed by atoms with E-state index < -0.39 is 5.82 Å². The van der Waals surface area contributed by atoms with E-state index in [0.717, 1.165) is 11.8 Å². The zero-order valence-corrected chi connectivity index (χ0v) is 10.0. The summed E-state index contributed by atoms with van der Waals surface area (Å²) in [5, 5.41) is 8.61. The average molecular weight is 246 g/mol. The quantitative estimate of drug-likeness (QED) is 0.835. The fraction of sp³-hybridized carbons (Fsp3) is 0.231. The number of ether oxygens (including phenoxy) is 1. The van der Waals surface area contributed by atoms with Crippen molar-refractivity contribution >= 4 is 0 Å². The topological polar surface area (TPSA) is 59.0 Å². The molecule has 0 aliphatic heterocycles. The Bertz CT molecular complexity index is 594. The van der Waals surface area contributed by atoms with Crippen molar-refractivity contribution in [2.75, 3.05) is 0 Å². The zero-order valence-electron chi connectivity index (χ0n) is 10.0. The molecule has 0 aliphatic carbocycles. The van der Waals surface area contributed by atoms with Gasteiger partial charge in [-0.05, 0) is 32.0 Å². The summed E-state index contributed by atoms with van der Waals surface area (Å²) in [7, 11) is 0. The molecule has 0 atom stereocenters. The van der Waals surface area contributed by atoms with Gasteiger partial charge >= 0.3 is 0 Å². The molecule has 0 aliphatic rings. The minimum absolute atomic E-state index is 0.0531. The smallest absolute Gasteiger partial charge is 0.232 e. The number of hydrogen-bond acceptors (Lipinski definition) is 4. The predicted molar refractivity (Wildman–Crippen MR) is 61.4 cm³/mol. The van der Waals surface area contributed by atoms with Gasteiger partial charge in [0.1, 0.15) is 5.76 Å². The summed E-state index contributed by atoms with van der Waals surface area (Å²) in [6.45, 7) is 3.68. The fourth-order valence-electron chi connectivity index (χ4n) is 1.43. The van der Waals surface area contributed by atoms with Gasteiger partial charge in [-0.25, -0.2) is 9.37 Å². The Balaban J connectivity index is 2.09. The van der Waals surface area contributed by atoms with E-state index >= 15 is 0 Å². The maximum atomic E-state index is 13.5. The number of aromatic nitrogens is 1. The molecule has 0 spiro atoms. The molecule has 1 heterocycles. The summed E-state index contributed by atoms with van der Waals surface area (Å²) < 4.78 is 24.1. The molecule has 5 heteroatoms. The van der Waals surface area contributed by atoms with Gasteiger partial charge in [0.25, 0.3) is 0 Å². The van der Waals surface area contributed by atoms with Crippen LogP contribution in [0.1, 0.15) is 22.9 Å². The van der Waals surface area contributed by atoms with E-state index in [4.69, 9.17) is 14.4 Å². The monoisotopic (exact) mass is 246 g/mol. The first-order valence-electron chi connectivity index (χ1n) is 5.35. The highest BCUT2D eigenvalue weighted by molar-refractivity contribution is 5.35. The SMILES string of the molecule is Cc1nc(COc2ccc(C#N)cc2F)oc1C. The Hall–Kier alpha value is -2.35. The number of hydrogen-bond donors (Lipinski definition) is 0. The van der Waals surface area contributed by atoms with Crippen LogP contribution in [-0.2, 0) is 6.61 Å². The van der Waals surface area contributed by atoms with Crippen molar-refractivity contribution in [3.63, 3.8) is 0 Å². The molecule has 0 N–H and O–H groups in total. The lowest BCUT2D eigenvalue weighted by Crippen LogP contribution is -1.98. The van der Waals surface area contributed by atoms with Crippen LogP contribution in [-0.4, -0.2) is 4.98 Å². The molecule has 4 nitrogen and oxygen atoms in total. The van der Waals surface area contributed by atoms with E-state index in [9.17, 15) is 4.39 Å². The molecule has 92 valence electrons. The average Bonchev–Trinajstić information content (AvgIpc) is 2.67. The molecule has 1 aromatic heterocycles. The summed E-state index contributed by atoms with van der Waals surface area (Å²) in [5.41, 5.74) is 1.04. The van der Waals surface area contributed by atoms with Crippen LogP contribution in [0.5, 0.6) is 5.75 Å². The van der Waals surface area contributed by atoms with E-state index in [1.807, 2.05) is 13.0 Å². The van der Waals surface area contributed by atoms with Crippen molar-refractivity contribution < 1.29 is 13.5 Å². The van der Waals surface area contributed by atoms with Crippen molar-refractivity contribution in [2.45, 2.75) is 20.5 Å². The number of halogens is 1. The lowest BCUT2D eigenvalue weighted by Gasteiger charge is -2.04. The molecule has 18 heavy (non-hydrogen) atoms. The Labute approximate surface area is 104 Å². The van der Waals surface area contributed by atoms with Gasteiger partial charge in [-0.2, -0.15) is 5.26 Å². The lowest BCUT2D eigenvalue weighted by molar-refractivity contribution is 0.249. The molecular weight excluding hydrogens is 235 g/mol. The lowest BCUT2D eigenvalue weighted by atomic mass is 10.2. The second-order valence-corrected chi connectivity index (χ2v) is 3.79. The molecule has 0 saturated carbocycles. The highest BCUT2D eigenvalue weighted by Gasteiger charge is 2.09. The van der Waals surface area contributed by atoms with E-state index in [1.165, 1.54) is 12.1 Å². The van der Waals surface area contributed by atoms with E-state index in [2.05, 4.69) is 4.98 Å². The van der Waals surface area contributed by atoms with Crippen molar-refractivity contribution in [2.24, 2.45) is 0 Å². The van der Waals surface area contributed by atoms with Gasteiger partial charge in [-0.1, -0.05) is 0 Å². The Morgan fingerprint density at radius 1 is 1.44 bits per heavy atom. The maximum absolute atomic E-state index is 13.5. The third kappa shape index (κ3) is 2.48. The molecule has 1 aromatic carbocycles. The van der Waals surface area contributed by atoms with Crippen molar-refractivity contribution in [1.29, 1.82) is 5.26 Å². The van der Waals surface area contributed by atoms with Crippen molar-refractivity contribution in [1.82, 2.24) is 4.98 Å². The highest BCUT2D eigenvalue weighted by atomic mass is 19.1. The minimum Gasteiger partial charge on any atom is -0.481 e. The Kier molecular flexibility index (Phi) is 3.28. The van der Waals surface area contributed by atoms with Crippen LogP contribution in [0.15, 0.2) is 22.6 Å². The Morgan fingerprint density at radius 2 is 2.22 bits per heavy atom. The third-order valence-electron chi connectivity index (χ3n) is 2.48. The molecule has 0 amide bonds. The van der Waals surface area contributed by atoms with Gasteiger partial charge < -0.3 is 9.15 Å². The van der Waals surface area contributed by atoms with Crippen LogP contribution in [0.3, 0.4) is 0 Å². The molecule has 2 aromatic rings. The summed E-state index contributed by atoms with van der Waals surface area (Å²) >= 11 is 0. The first kappa shape index (κ1) is 12.1. The summed E-state index contributed by atoms with van der Waals surface area (Å²) in [6.07, 6.45) is 0. The maximum Gasteiger partial charge on any atom is 0.232 e. The number of nitriles is 1. The van der Waals surface area contributed by atoms with Crippen LogP contribution < -0.4 is 4.74 Å². The summed E-state index contributed by atoms with van der Waals surface area (Å²) in [5.74, 6) is 0.610. The van der Waals surface area contributed by atoms with Gasteiger partial charge in [-0.15, -0.1) is 0 Å². The molecule has 0 radical (unpaired) electrons. The van der Waals surface area contributed by atoms with E-state index in [1.54, 1.807) is 6.92 Å². The van der Waals surface area contributed by atoms with Gasteiger partial charge in [0.05, 0.1) is 17.3 Å². The zero-order chi connectivity index (χ0) is 13.1. The molecule has 0 bridgehead atoms. The second kappa shape index (κ2) is 4.88. The molecule has 0 saturated heterocycles.